The summed E-state index contributed by atoms with van der Waals surface area (Å²) in [4.78, 5) is 2.42. The van der Waals surface area contributed by atoms with Crippen molar-refractivity contribution in [2.75, 3.05) is 4.90 Å². The van der Waals surface area contributed by atoms with Gasteiger partial charge >= 0.3 is 0 Å². The maximum absolute atomic E-state index is 2.42. The number of para-hydroxylation sites is 3. The first-order chi connectivity index (χ1) is 23.8. The SMILES string of the molecule is c1ccc(-c2cc(-c3ccccc3)cc(N(c3ccccc3)c3cccc4cc5c(cc34)c3ccccc3n5-c3ccccc3)c2)cc1. The minimum atomic E-state index is 1.11. The van der Waals surface area contributed by atoms with E-state index in [9.17, 15) is 0 Å². The molecular formula is C46H32N2. The Morgan fingerprint density at radius 1 is 0.333 bits per heavy atom. The molecule has 0 N–H and O–H groups in total. The molecule has 0 aliphatic heterocycles. The van der Waals surface area contributed by atoms with Crippen molar-refractivity contribution in [1.82, 2.24) is 4.57 Å². The van der Waals surface area contributed by atoms with Crippen LogP contribution in [0.15, 0.2) is 194 Å². The minimum Gasteiger partial charge on any atom is -0.310 e. The van der Waals surface area contributed by atoms with Gasteiger partial charge in [0, 0.05) is 33.2 Å². The lowest BCUT2D eigenvalue weighted by Gasteiger charge is -2.28. The number of anilines is 3. The first-order valence-corrected chi connectivity index (χ1v) is 16.4. The average molecular weight is 613 g/mol. The topological polar surface area (TPSA) is 8.17 Å². The highest BCUT2D eigenvalue weighted by atomic mass is 15.1. The maximum atomic E-state index is 2.42. The molecule has 48 heavy (non-hydrogen) atoms. The quantitative estimate of drug-likeness (QED) is 0.181. The average Bonchev–Trinajstić information content (AvgIpc) is 3.49. The van der Waals surface area contributed by atoms with Gasteiger partial charge in [0.25, 0.3) is 0 Å². The molecule has 1 heterocycles. The molecule has 0 bridgehead atoms. The van der Waals surface area contributed by atoms with Gasteiger partial charge in [-0.3, -0.25) is 0 Å². The Kier molecular flexibility index (Phi) is 6.84. The first-order valence-electron chi connectivity index (χ1n) is 16.4. The van der Waals surface area contributed by atoms with Gasteiger partial charge in [-0.1, -0.05) is 127 Å². The Labute approximate surface area is 280 Å². The monoisotopic (exact) mass is 612 g/mol. The molecule has 2 heteroatoms. The summed E-state index contributed by atoms with van der Waals surface area (Å²) in [5, 5.41) is 4.89. The molecule has 0 saturated carbocycles. The van der Waals surface area contributed by atoms with Crippen LogP contribution in [0.1, 0.15) is 0 Å². The van der Waals surface area contributed by atoms with Crippen LogP contribution in [0.25, 0.3) is 60.5 Å². The fourth-order valence-electron chi connectivity index (χ4n) is 7.11. The van der Waals surface area contributed by atoms with Gasteiger partial charge in [0.15, 0.2) is 0 Å². The van der Waals surface area contributed by atoms with Crippen molar-refractivity contribution in [3.8, 4) is 27.9 Å². The third-order valence-electron chi connectivity index (χ3n) is 9.31. The summed E-state index contributed by atoms with van der Waals surface area (Å²) in [6.07, 6.45) is 0. The van der Waals surface area contributed by atoms with E-state index >= 15 is 0 Å². The van der Waals surface area contributed by atoms with Gasteiger partial charge in [0.05, 0.1) is 16.7 Å². The Balaban J connectivity index is 1.33. The summed E-state index contributed by atoms with van der Waals surface area (Å²) in [6.45, 7) is 0. The molecule has 0 aliphatic carbocycles. The third-order valence-corrected chi connectivity index (χ3v) is 9.31. The van der Waals surface area contributed by atoms with Crippen molar-refractivity contribution in [3.05, 3.63) is 194 Å². The second kappa shape index (κ2) is 11.8. The van der Waals surface area contributed by atoms with E-state index in [0.29, 0.717) is 0 Å². The molecule has 9 rings (SSSR count). The number of fused-ring (bicyclic) bond motifs is 4. The lowest BCUT2D eigenvalue weighted by molar-refractivity contribution is 1.18. The first kappa shape index (κ1) is 27.9. The third kappa shape index (κ3) is 4.83. The number of rotatable bonds is 6. The van der Waals surface area contributed by atoms with Crippen molar-refractivity contribution >= 4 is 49.6 Å². The summed E-state index contributed by atoms with van der Waals surface area (Å²) in [7, 11) is 0. The van der Waals surface area contributed by atoms with E-state index in [1.807, 2.05) is 0 Å². The highest BCUT2D eigenvalue weighted by Gasteiger charge is 2.20. The normalized spacial score (nSPS) is 11.3. The van der Waals surface area contributed by atoms with Gasteiger partial charge in [-0.2, -0.15) is 0 Å². The summed E-state index contributed by atoms with van der Waals surface area (Å²) in [6, 6.07) is 69.9. The van der Waals surface area contributed by atoms with Gasteiger partial charge in [-0.15, -0.1) is 0 Å². The predicted molar refractivity (Wildman–Crippen MR) is 204 cm³/mol. The standard InChI is InChI=1S/C46H32N2/c1-5-16-33(17-6-1)36-28-37(34-18-7-2-8-19-34)30-40(29-36)47(38-21-9-3-10-22-38)45-27-15-20-35-31-46-43(32-42(35)45)41-25-13-14-26-44(41)48(46)39-23-11-4-12-24-39/h1-32H. The summed E-state index contributed by atoms with van der Waals surface area (Å²) >= 11 is 0. The molecule has 0 spiro atoms. The van der Waals surface area contributed by atoms with E-state index in [-0.39, 0.29) is 0 Å². The molecule has 8 aromatic carbocycles. The highest BCUT2D eigenvalue weighted by molar-refractivity contribution is 6.16. The fourth-order valence-corrected chi connectivity index (χ4v) is 7.11. The smallest absolute Gasteiger partial charge is 0.0547 e. The molecule has 2 nitrogen and oxygen atoms in total. The zero-order valence-electron chi connectivity index (χ0n) is 26.4. The molecule has 226 valence electrons. The zero-order chi connectivity index (χ0) is 31.9. The summed E-state index contributed by atoms with van der Waals surface area (Å²) < 4.78 is 2.39. The summed E-state index contributed by atoms with van der Waals surface area (Å²) in [5.41, 5.74) is 11.7. The molecule has 0 amide bonds. The van der Waals surface area contributed by atoms with Crippen molar-refractivity contribution < 1.29 is 0 Å². The Morgan fingerprint density at radius 2 is 0.917 bits per heavy atom. The largest absolute Gasteiger partial charge is 0.310 e. The Bertz CT molecular complexity index is 2480. The van der Waals surface area contributed by atoms with E-state index in [1.165, 1.54) is 54.8 Å². The molecular weight excluding hydrogens is 581 g/mol. The van der Waals surface area contributed by atoms with Crippen LogP contribution in [-0.4, -0.2) is 4.57 Å². The second-order valence-corrected chi connectivity index (χ2v) is 12.2. The minimum absolute atomic E-state index is 1.11. The molecule has 0 aliphatic rings. The van der Waals surface area contributed by atoms with Crippen LogP contribution in [0.2, 0.25) is 0 Å². The number of benzene rings is 8. The van der Waals surface area contributed by atoms with Gasteiger partial charge in [-0.05, 0) is 94.4 Å². The number of aromatic nitrogens is 1. The van der Waals surface area contributed by atoms with Crippen LogP contribution < -0.4 is 4.90 Å². The molecule has 9 aromatic rings. The van der Waals surface area contributed by atoms with E-state index in [4.69, 9.17) is 0 Å². The lowest BCUT2D eigenvalue weighted by Crippen LogP contribution is -2.11. The highest BCUT2D eigenvalue weighted by Crippen LogP contribution is 2.44. The molecule has 0 saturated heterocycles. The van der Waals surface area contributed by atoms with Crippen LogP contribution in [0, 0.1) is 0 Å². The Hall–Kier alpha value is -6.38. The molecule has 1 aromatic heterocycles. The van der Waals surface area contributed by atoms with Gasteiger partial charge < -0.3 is 9.47 Å². The van der Waals surface area contributed by atoms with Gasteiger partial charge in [-0.25, -0.2) is 0 Å². The van der Waals surface area contributed by atoms with Crippen LogP contribution >= 0.6 is 0 Å². The van der Waals surface area contributed by atoms with E-state index in [1.54, 1.807) is 0 Å². The summed E-state index contributed by atoms with van der Waals surface area (Å²) in [5.74, 6) is 0. The zero-order valence-corrected chi connectivity index (χ0v) is 26.4. The predicted octanol–water partition coefficient (Wildman–Crippen LogP) is 12.7. The lowest BCUT2D eigenvalue weighted by atomic mass is 9.96. The van der Waals surface area contributed by atoms with Crippen molar-refractivity contribution in [2.45, 2.75) is 0 Å². The Morgan fingerprint density at radius 3 is 1.58 bits per heavy atom. The van der Waals surface area contributed by atoms with Crippen LogP contribution in [0.4, 0.5) is 17.1 Å². The second-order valence-electron chi connectivity index (χ2n) is 12.2. The molecule has 0 fully saturated rings. The number of nitrogens with zero attached hydrogens (tertiary/aromatic N) is 2. The van der Waals surface area contributed by atoms with Crippen LogP contribution in [-0.2, 0) is 0 Å². The van der Waals surface area contributed by atoms with Crippen molar-refractivity contribution in [1.29, 1.82) is 0 Å². The van der Waals surface area contributed by atoms with Gasteiger partial charge in [0.1, 0.15) is 0 Å². The van der Waals surface area contributed by atoms with Crippen molar-refractivity contribution in [2.24, 2.45) is 0 Å². The fraction of sp³-hybridized carbons (Fsp3) is 0. The number of hydrogen-bond donors (Lipinski definition) is 0. The van der Waals surface area contributed by atoms with Crippen LogP contribution in [0.5, 0.6) is 0 Å². The molecule has 0 radical (unpaired) electrons. The maximum Gasteiger partial charge on any atom is 0.0547 e. The van der Waals surface area contributed by atoms with E-state index in [2.05, 4.69) is 204 Å². The number of hydrogen-bond acceptors (Lipinski definition) is 1. The molecule has 0 atom stereocenters. The van der Waals surface area contributed by atoms with Gasteiger partial charge in [0.2, 0.25) is 0 Å². The van der Waals surface area contributed by atoms with E-state index in [0.717, 1.165) is 22.7 Å². The van der Waals surface area contributed by atoms with Crippen molar-refractivity contribution in [3.63, 3.8) is 0 Å². The van der Waals surface area contributed by atoms with Crippen LogP contribution in [0.3, 0.4) is 0 Å². The van der Waals surface area contributed by atoms with E-state index < -0.39 is 0 Å². The molecule has 0 unspecified atom stereocenters.